The maximum Gasteiger partial charge on any atom is 0.127 e. The smallest absolute Gasteiger partial charge is 0.127 e. The molecule has 1 saturated carbocycles. The van der Waals surface area contributed by atoms with Gasteiger partial charge in [-0.1, -0.05) is 13.8 Å². The number of carbonyl (C=O) groups excluding carboxylic acids is 1. The van der Waals surface area contributed by atoms with Crippen LogP contribution in [-0.4, -0.2) is 30.3 Å². The molecule has 0 spiro atoms. The zero-order valence-electron chi connectivity index (χ0n) is 12.3. The number of hydrogen-bond donors (Lipinski definition) is 0. The number of nitrogens with zero attached hydrogens (tertiary/aromatic N) is 1. The third kappa shape index (κ3) is 2.96. The van der Waals surface area contributed by atoms with Gasteiger partial charge in [0.05, 0.1) is 0 Å². The molecule has 2 heteroatoms. The number of piperidine rings is 1. The number of rotatable bonds is 3. The van der Waals surface area contributed by atoms with E-state index in [1.165, 1.54) is 38.5 Å². The quantitative estimate of drug-likeness (QED) is 0.716. The average Bonchev–Trinajstić information content (AvgIpc) is 2.38. The molecule has 1 aliphatic carbocycles. The molecule has 2 atom stereocenters. The van der Waals surface area contributed by atoms with Gasteiger partial charge in [0.25, 0.3) is 0 Å². The van der Waals surface area contributed by atoms with Crippen LogP contribution in [0.2, 0.25) is 0 Å². The first kappa shape index (κ1) is 14.0. The predicted octanol–water partition coefficient (Wildman–Crippen LogP) is 3.50. The summed E-state index contributed by atoms with van der Waals surface area (Å²) in [6.45, 7) is 9.22. The molecule has 1 aliphatic heterocycles. The Bertz CT molecular complexity index is 281. The molecule has 0 aromatic carbocycles. The minimum Gasteiger partial charge on any atom is -0.303 e. The van der Waals surface area contributed by atoms with Crippen LogP contribution in [0.25, 0.3) is 0 Å². The van der Waals surface area contributed by atoms with Crippen LogP contribution >= 0.6 is 0 Å². The zero-order chi connectivity index (χ0) is 13.2. The highest BCUT2D eigenvalue weighted by Gasteiger charge is 2.38. The Balaban J connectivity index is 1.99. The summed E-state index contributed by atoms with van der Waals surface area (Å²) < 4.78 is 0. The second kappa shape index (κ2) is 5.73. The fraction of sp³-hybridized carbons (Fsp3) is 0.938. The third-order valence-corrected chi connectivity index (χ3v) is 5.54. The second-order valence-electron chi connectivity index (χ2n) is 6.99. The molecule has 0 bridgehead atoms. The first-order valence-electron chi connectivity index (χ1n) is 7.77. The lowest BCUT2D eigenvalue weighted by Crippen LogP contribution is -2.49. The monoisotopic (exact) mass is 251 g/mol. The van der Waals surface area contributed by atoms with Gasteiger partial charge in [-0.05, 0) is 63.8 Å². The fourth-order valence-electron chi connectivity index (χ4n) is 3.70. The van der Waals surface area contributed by atoms with Gasteiger partial charge in [-0.3, -0.25) is 4.90 Å². The summed E-state index contributed by atoms with van der Waals surface area (Å²) in [6.07, 6.45) is 8.61. The second-order valence-corrected chi connectivity index (χ2v) is 6.99. The van der Waals surface area contributed by atoms with Crippen molar-refractivity contribution in [2.45, 2.75) is 65.3 Å². The van der Waals surface area contributed by atoms with Crippen molar-refractivity contribution in [3.63, 3.8) is 0 Å². The van der Waals surface area contributed by atoms with Crippen molar-refractivity contribution in [3.05, 3.63) is 0 Å². The first-order chi connectivity index (χ1) is 8.56. The largest absolute Gasteiger partial charge is 0.303 e. The normalized spacial score (nSPS) is 42.7. The molecule has 0 N–H and O–H groups in total. The highest BCUT2D eigenvalue weighted by molar-refractivity contribution is 5.60. The highest BCUT2D eigenvalue weighted by atomic mass is 16.1. The molecule has 1 saturated heterocycles. The van der Waals surface area contributed by atoms with Gasteiger partial charge in [-0.15, -0.1) is 0 Å². The highest BCUT2D eigenvalue weighted by Crippen LogP contribution is 2.39. The topological polar surface area (TPSA) is 20.3 Å². The SMILES string of the molecule is CC1CCC(C=O)(CN2CCCC(C)C2C)CC1. The average molecular weight is 251 g/mol. The van der Waals surface area contributed by atoms with Crippen molar-refractivity contribution in [2.75, 3.05) is 13.1 Å². The van der Waals surface area contributed by atoms with Gasteiger partial charge in [0.2, 0.25) is 0 Å². The fourth-order valence-corrected chi connectivity index (χ4v) is 3.70. The number of hydrogen-bond acceptors (Lipinski definition) is 2. The molecule has 2 aliphatic rings. The number of likely N-dealkylation sites (tertiary alicyclic amines) is 1. The van der Waals surface area contributed by atoms with E-state index in [0.29, 0.717) is 6.04 Å². The summed E-state index contributed by atoms with van der Waals surface area (Å²) in [7, 11) is 0. The van der Waals surface area contributed by atoms with E-state index in [1.54, 1.807) is 0 Å². The van der Waals surface area contributed by atoms with E-state index in [0.717, 1.165) is 31.2 Å². The van der Waals surface area contributed by atoms with E-state index in [-0.39, 0.29) is 5.41 Å². The summed E-state index contributed by atoms with van der Waals surface area (Å²) in [4.78, 5) is 14.2. The summed E-state index contributed by atoms with van der Waals surface area (Å²) in [6, 6.07) is 0.648. The van der Waals surface area contributed by atoms with E-state index in [1.807, 2.05) is 0 Å². The van der Waals surface area contributed by atoms with Gasteiger partial charge in [-0.25, -0.2) is 0 Å². The van der Waals surface area contributed by atoms with E-state index in [2.05, 4.69) is 25.7 Å². The Morgan fingerprint density at radius 2 is 1.83 bits per heavy atom. The van der Waals surface area contributed by atoms with Crippen molar-refractivity contribution in [2.24, 2.45) is 17.3 Å². The Morgan fingerprint density at radius 1 is 1.17 bits per heavy atom. The molecule has 2 rings (SSSR count). The molecule has 0 amide bonds. The van der Waals surface area contributed by atoms with Crippen LogP contribution < -0.4 is 0 Å². The van der Waals surface area contributed by atoms with Crippen LogP contribution in [-0.2, 0) is 4.79 Å². The Labute approximate surface area is 112 Å². The maximum absolute atomic E-state index is 11.6. The summed E-state index contributed by atoms with van der Waals surface area (Å²) in [5.74, 6) is 1.60. The summed E-state index contributed by atoms with van der Waals surface area (Å²) in [5.41, 5.74) is -0.0299. The molecule has 0 aromatic heterocycles. The molecule has 2 unspecified atom stereocenters. The van der Waals surface area contributed by atoms with Gasteiger partial charge in [0.1, 0.15) is 6.29 Å². The Kier molecular flexibility index (Phi) is 4.47. The van der Waals surface area contributed by atoms with Crippen LogP contribution in [0.5, 0.6) is 0 Å². The van der Waals surface area contributed by atoms with E-state index in [9.17, 15) is 4.79 Å². The standard InChI is InChI=1S/C16H29NO/c1-13-6-8-16(12-18,9-7-13)11-17-10-4-5-14(2)15(17)3/h12-15H,4-11H2,1-3H3. The molecule has 1 heterocycles. The van der Waals surface area contributed by atoms with Crippen LogP contribution in [0.15, 0.2) is 0 Å². The molecule has 18 heavy (non-hydrogen) atoms. The van der Waals surface area contributed by atoms with Crippen LogP contribution in [0, 0.1) is 17.3 Å². The van der Waals surface area contributed by atoms with E-state index >= 15 is 0 Å². The lowest BCUT2D eigenvalue weighted by Gasteiger charge is -2.44. The van der Waals surface area contributed by atoms with Crippen molar-refractivity contribution < 1.29 is 4.79 Å². The molecular weight excluding hydrogens is 222 g/mol. The molecule has 2 fully saturated rings. The van der Waals surface area contributed by atoms with Crippen LogP contribution in [0.3, 0.4) is 0 Å². The van der Waals surface area contributed by atoms with Crippen molar-refractivity contribution in [3.8, 4) is 0 Å². The van der Waals surface area contributed by atoms with Crippen molar-refractivity contribution >= 4 is 6.29 Å². The van der Waals surface area contributed by atoms with Crippen LogP contribution in [0.1, 0.15) is 59.3 Å². The van der Waals surface area contributed by atoms with E-state index in [4.69, 9.17) is 0 Å². The maximum atomic E-state index is 11.6. The number of carbonyl (C=O) groups is 1. The van der Waals surface area contributed by atoms with Gasteiger partial charge in [-0.2, -0.15) is 0 Å². The Morgan fingerprint density at radius 3 is 2.44 bits per heavy atom. The minimum absolute atomic E-state index is 0.0299. The van der Waals surface area contributed by atoms with Crippen LogP contribution in [0.4, 0.5) is 0 Å². The Hall–Kier alpha value is -0.370. The number of aldehydes is 1. The van der Waals surface area contributed by atoms with Crippen molar-refractivity contribution in [1.82, 2.24) is 4.90 Å². The predicted molar refractivity (Wildman–Crippen MR) is 75.6 cm³/mol. The zero-order valence-corrected chi connectivity index (χ0v) is 12.3. The van der Waals surface area contributed by atoms with Gasteiger partial charge < -0.3 is 4.79 Å². The molecule has 0 aromatic rings. The van der Waals surface area contributed by atoms with E-state index < -0.39 is 0 Å². The molecule has 0 radical (unpaired) electrons. The lowest BCUT2D eigenvalue weighted by molar-refractivity contribution is -0.120. The summed E-state index contributed by atoms with van der Waals surface area (Å²) >= 11 is 0. The van der Waals surface area contributed by atoms with Gasteiger partial charge >= 0.3 is 0 Å². The van der Waals surface area contributed by atoms with Crippen molar-refractivity contribution in [1.29, 1.82) is 0 Å². The third-order valence-electron chi connectivity index (χ3n) is 5.54. The summed E-state index contributed by atoms with van der Waals surface area (Å²) in [5, 5.41) is 0. The minimum atomic E-state index is -0.0299. The first-order valence-corrected chi connectivity index (χ1v) is 7.77. The molecule has 2 nitrogen and oxygen atoms in total. The molecular formula is C16H29NO. The van der Waals surface area contributed by atoms with Gasteiger partial charge in [0.15, 0.2) is 0 Å². The lowest BCUT2D eigenvalue weighted by atomic mass is 9.71. The molecule has 104 valence electrons. The van der Waals surface area contributed by atoms with Gasteiger partial charge in [0, 0.05) is 18.0 Å².